The summed E-state index contributed by atoms with van der Waals surface area (Å²) in [6.07, 6.45) is 2.01. The number of carbonyl (C=O) groups is 1. The van der Waals surface area contributed by atoms with Gasteiger partial charge in [0.15, 0.2) is 0 Å². The Hall–Kier alpha value is -1.94. The minimum absolute atomic E-state index is 0.0653. The lowest BCUT2D eigenvalue weighted by atomic mass is 10.2. The topological polar surface area (TPSA) is 55.1 Å². The van der Waals surface area contributed by atoms with Crippen LogP contribution in [0.2, 0.25) is 0 Å². The summed E-state index contributed by atoms with van der Waals surface area (Å²) in [6.45, 7) is 0.503. The minimum atomic E-state index is -0.0653. The summed E-state index contributed by atoms with van der Waals surface area (Å²) in [5.41, 5.74) is 8.04. The second-order valence-electron chi connectivity index (χ2n) is 4.15. The highest BCUT2D eigenvalue weighted by Crippen LogP contribution is 2.14. The van der Waals surface area contributed by atoms with Gasteiger partial charge in [-0.25, -0.2) is 0 Å². The number of carbonyl (C=O) groups excluding carboxylic acids is 1. The summed E-state index contributed by atoms with van der Waals surface area (Å²) in [4.78, 5) is 13.1. The maximum atomic E-state index is 11.9. The van der Waals surface area contributed by atoms with Crippen LogP contribution >= 0.6 is 11.8 Å². The molecule has 0 unspecified atom stereocenters. The van der Waals surface area contributed by atoms with E-state index in [4.69, 9.17) is 5.73 Å². The van der Waals surface area contributed by atoms with Gasteiger partial charge in [-0.3, -0.25) is 4.79 Å². The Bertz CT molecular complexity index is 549. The van der Waals surface area contributed by atoms with E-state index >= 15 is 0 Å². The smallest absolute Gasteiger partial charge is 0.251 e. The Morgan fingerprint density at radius 2 is 1.74 bits per heavy atom. The van der Waals surface area contributed by atoms with Gasteiger partial charge < -0.3 is 11.1 Å². The SMILES string of the molecule is CSc1ccc(C(=O)NCc2ccc(N)cc2)cc1. The van der Waals surface area contributed by atoms with Crippen molar-refractivity contribution >= 4 is 23.4 Å². The van der Waals surface area contributed by atoms with Gasteiger partial charge in [0.25, 0.3) is 5.91 Å². The number of anilines is 1. The number of hydrogen-bond acceptors (Lipinski definition) is 3. The van der Waals surface area contributed by atoms with E-state index in [1.807, 2.05) is 54.8 Å². The molecule has 4 heteroatoms. The van der Waals surface area contributed by atoms with Crippen LogP contribution in [0, 0.1) is 0 Å². The van der Waals surface area contributed by atoms with E-state index in [0.29, 0.717) is 12.1 Å². The average Bonchev–Trinajstić information content (AvgIpc) is 2.46. The monoisotopic (exact) mass is 272 g/mol. The number of nitrogens with one attached hydrogen (secondary N) is 1. The number of benzene rings is 2. The van der Waals surface area contributed by atoms with Crippen LogP contribution in [0.15, 0.2) is 53.4 Å². The van der Waals surface area contributed by atoms with Crippen molar-refractivity contribution in [2.75, 3.05) is 12.0 Å². The molecule has 0 fully saturated rings. The van der Waals surface area contributed by atoms with Gasteiger partial charge in [0.1, 0.15) is 0 Å². The van der Waals surface area contributed by atoms with Crippen molar-refractivity contribution in [3.63, 3.8) is 0 Å². The van der Waals surface area contributed by atoms with Gasteiger partial charge in [0, 0.05) is 22.7 Å². The van der Waals surface area contributed by atoms with Crippen LogP contribution in [0.3, 0.4) is 0 Å². The second-order valence-corrected chi connectivity index (χ2v) is 5.03. The van der Waals surface area contributed by atoms with Crippen LogP contribution in [0.5, 0.6) is 0 Å². The van der Waals surface area contributed by atoms with E-state index in [0.717, 1.165) is 16.1 Å². The lowest BCUT2D eigenvalue weighted by molar-refractivity contribution is 0.0951. The first-order chi connectivity index (χ1) is 9.19. The third-order valence-electron chi connectivity index (χ3n) is 2.78. The molecular weight excluding hydrogens is 256 g/mol. The van der Waals surface area contributed by atoms with E-state index in [2.05, 4.69) is 5.32 Å². The molecule has 0 spiro atoms. The Balaban J connectivity index is 1.95. The molecule has 0 atom stereocenters. The number of amides is 1. The molecule has 98 valence electrons. The van der Waals surface area contributed by atoms with E-state index in [-0.39, 0.29) is 5.91 Å². The Kier molecular flexibility index (Phi) is 4.47. The van der Waals surface area contributed by atoms with Crippen LogP contribution in [0.1, 0.15) is 15.9 Å². The normalized spacial score (nSPS) is 10.2. The van der Waals surface area contributed by atoms with Gasteiger partial charge >= 0.3 is 0 Å². The molecule has 0 saturated carbocycles. The summed E-state index contributed by atoms with van der Waals surface area (Å²) in [7, 11) is 0. The molecule has 0 heterocycles. The molecule has 0 saturated heterocycles. The molecule has 0 aliphatic heterocycles. The highest BCUT2D eigenvalue weighted by Gasteiger charge is 2.04. The molecule has 0 aliphatic carbocycles. The molecule has 0 aliphatic rings. The highest BCUT2D eigenvalue weighted by atomic mass is 32.2. The average molecular weight is 272 g/mol. The zero-order valence-corrected chi connectivity index (χ0v) is 11.5. The maximum absolute atomic E-state index is 11.9. The summed E-state index contributed by atoms with van der Waals surface area (Å²) in [6, 6.07) is 15.0. The molecule has 3 nitrogen and oxygen atoms in total. The van der Waals surface area contributed by atoms with Crippen LogP contribution in [0.4, 0.5) is 5.69 Å². The first-order valence-electron chi connectivity index (χ1n) is 5.96. The van der Waals surface area contributed by atoms with Gasteiger partial charge in [-0.1, -0.05) is 12.1 Å². The van der Waals surface area contributed by atoms with Crippen molar-refractivity contribution in [2.24, 2.45) is 0 Å². The lowest BCUT2D eigenvalue weighted by Crippen LogP contribution is -2.22. The van der Waals surface area contributed by atoms with Crippen molar-refractivity contribution in [3.8, 4) is 0 Å². The second kappa shape index (κ2) is 6.29. The van der Waals surface area contributed by atoms with Crippen molar-refractivity contribution in [3.05, 3.63) is 59.7 Å². The summed E-state index contributed by atoms with van der Waals surface area (Å²) in [5, 5.41) is 2.89. The fraction of sp³-hybridized carbons (Fsp3) is 0.133. The number of hydrogen-bond donors (Lipinski definition) is 2. The molecule has 19 heavy (non-hydrogen) atoms. The first kappa shape index (κ1) is 13.5. The van der Waals surface area contributed by atoms with E-state index in [1.54, 1.807) is 11.8 Å². The van der Waals surface area contributed by atoms with Gasteiger partial charge in [-0.15, -0.1) is 11.8 Å². The molecule has 2 aromatic carbocycles. The molecule has 2 rings (SSSR count). The van der Waals surface area contributed by atoms with Gasteiger partial charge in [0.2, 0.25) is 0 Å². The minimum Gasteiger partial charge on any atom is -0.399 e. The Morgan fingerprint density at radius 3 is 2.32 bits per heavy atom. The number of rotatable bonds is 4. The van der Waals surface area contributed by atoms with Crippen LogP contribution in [-0.4, -0.2) is 12.2 Å². The lowest BCUT2D eigenvalue weighted by Gasteiger charge is -2.06. The van der Waals surface area contributed by atoms with Crippen molar-refractivity contribution in [2.45, 2.75) is 11.4 Å². The maximum Gasteiger partial charge on any atom is 0.251 e. The summed E-state index contributed by atoms with van der Waals surface area (Å²) < 4.78 is 0. The van der Waals surface area contributed by atoms with E-state index in [9.17, 15) is 4.79 Å². The molecule has 0 aromatic heterocycles. The van der Waals surface area contributed by atoms with Gasteiger partial charge in [-0.2, -0.15) is 0 Å². The van der Waals surface area contributed by atoms with Crippen molar-refractivity contribution in [1.82, 2.24) is 5.32 Å². The zero-order valence-electron chi connectivity index (χ0n) is 10.7. The highest BCUT2D eigenvalue weighted by molar-refractivity contribution is 7.98. The molecule has 1 amide bonds. The van der Waals surface area contributed by atoms with E-state index in [1.165, 1.54) is 0 Å². The Morgan fingerprint density at radius 1 is 1.11 bits per heavy atom. The molecular formula is C15H16N2OS. The van der Waals surface area contributed by atoms with Crippen molar-refractivity contribution < 1.29 is 4.79 Å². The molecule has 0 bridgehead atoms. The van der Waals surface area contributed by atoms with Gasteiger partial charge in [0.05, 0.1) is 0 Å². The van der Waals surface area contributed by atoms with Crippen LogP contribution in [0.25, 0.3) is 0 Å². The summed E-state index contributed by atoms with van der Waals surface area (Å²) >= 11 is 1.66. The quantitative estimate of drug-likeness (QED) is 0.664. The third-order valence-corrected chi connectivity index (χ3v) is 3.53. The number of nitrogens with two attached hydrogens (primary N) is 1. The predicted molar refractivity (Wildman–Crippen MR) is 80.2 cm³/mol. The zero-order chi connectivity index (χ0) is 13.7. The molecule has 0 radical (unpaired) electrons. The first-order valence-corrected chi connectivity index (χ1v) is 7.18. The predicted octanol–water partition coefficient (Wildman–Crippen LogP) is 2.92. The van der Waals surface area contributed by atoms with Crippen LogP contribution < -0.4 is 11.1 Å². The molecule has 2 aromatic rings. The number of thioether (sulfide) groups is 1. The largest absolute Gasteiger partial charge is 0.399 e. The van der Waals surface area contributed by atoms with Crippen molar-refractivity contribution in [1.29, 1.82) is 0 Å². The van der Waals surface area contributed by atoms with E-state index < -0.39 is 0 Å². The third kappa shape index (κ3) is 3.76. The van der Waals surface area contributed by atoms with Gasteiger partial charge in [-0.05, 0) is 48.2 Å². The fourth-order valence-corrected chi connectivity index (χ4v) is 2.07. The summed E-state index contributed by atoms with van der Waals surface area (Å²) in [5.74, 6) is -0.0653. The standard InChI is InChI=1S/C15H16N2OS/c1-19-14-8-4-12(5-9-14)15(18)17-10-11-2-6-13(16)7-3-11/h2-9H,10,16H2,1H3,(H,17,18). The molecule has 3 N–H and O–H groups in total. The van der Waals surface area contributed by atoms with Crippen LogP contribution in [-0.2, 0) is 6.54 Å². The Labute approximate surface area is 117 Å². The fourth-order valence-electron chi connectivity index (χ4n) is 1.66. The number of nitrogen functional groups attached to an aromatic ring is 1.